The molecule has 5 heteroatoms. The molecule has 0 unspecified atom stereocenters. The number of amides is 2. The van der Waals surface area contributed by atoms with Gasteiger partial charge in [-0.2, -0.15) is 0 Å². The third kappa shape index (κ3) is 5.44. The van der Waals surface area contributed by atoms with E-state index >= 15 is 0 Å². The molecule has 0 bridgehead atoms. The predicted octanol–water partition coefficient (Wildman–Crippen LogP) is 3.30. The first-order valence-corrected chi connectivity index (χ1v) is 9.07. The van der Waals surface area contributed by atoms with E-state index in [0.29, 0.717) is 31.3 Å². The van der Waals surface area contributed by atoms with Gasteiger partial charge in [-0.25, -0.2) is 0 Å². The van der Waals surface area contributed by atoms with Gasteiger partial charge in [-0.15, -0.1) is 11.3 Å². The van der Waals surface area contributed by atoms with Crippen molar-refractivity contribution in [2.45, 2.75) is 52.0 Å². The van der Waals surface area contributed by atoms with E-state index in [0.717, 1.165) is 30.7 Å². The number of hydrogen-bond acceptors (Lipinski definition) is 3. The molecule has 1 aliphatic rings. The highest BCUT2D eigenvalue weighted by Gasteiger charge is 2.31. The molecule has 1 N–H and O–H groups in total. The fraction of sp³-hybridized carbons (Fsp3) is 0.647. The summed E-state index contributed by atoms with van der Waals surface area (Å²) in [7, 11) is 0. The monoisotopic (exact) mass is 322 g/mol. The van der Waals surface area contributed by atoms with Crippen molar-refractivity contribution in [2.75, 3.05) is 13.1 Å². The van der Waals surface area contributed by atoms with Gasteiger partial charge < -0.3 is 10.2 Å². The van der Waals surface area contributed by atoms with Crippen LogP contribution in [0.3, 0.4) is 0 Å². The Hall–Kier alpha value is -1.36. The first-order chi connectivity index (χ1) is 10.6. The predicted molar refractivity (Wildman–Crippen MR) is 90.1 cm³/mol. The minimum atomic E-state index is -0.0405. The maximum atomic E-state index is 12.3. The van der Waals surface area contributed by atoms with Gasteiger partial charge in [-0.3, -0.25) is 9.59 Å². The van der Waals surface area contributed by atoms with Crippen molar-refractivity contribution >= 4 is 23.2 Å². The van der Waals surface area contributed by atoms with Crippen LogP contribution in [0, 0.1) is 5.92 Å². The lowest BCUT2D eigenvalue weighted by Gasteiger charge is -2.23. The highest BCUT2D eigenvalue weighted by Crippen LogP contribution is 2.28. The summed E-state index contributed by atoms with van der Waals surface area (Å²) in [6, 6.07) is 4.16. The molecule has 0 spiro atoms. The van der Waals surface area contributed by atoms with Crippen LogP contribution in [0.5, 0.6) is 0 Å². The Labute approximate surface area is 136 Å². The number of nitrogens with zero attached hydrogens (tertiary/aromatic N) is 1. The molecule has 1 aromatic heterocycles. The minimum absolute atomic E-state index is 0.0405. The maximum Gasteiger partial charge on any atom is 0.261 e. The zero-order valence-corrected chi connectivity index (χ0v) is 14.3. The van der Waals surface area contributed by atoms with Crippen LogP contribution in [0.2, 0.25) is 0 Å². The summed E-state index contributed by atoms with van der Waals surface area (Å²) in [6.07, 6.45) is 4.61. The molecule has 1 aromatic rings. The molecule has 0 saturated heterocycles. The summed E-state index contributed by atoms with van der Waals surface area (Å²) in [5, 5.41) is 4.76. The quantitative estimate of drug-likeness (QED) is 0.709. The number of rotatable bonds is 9. The number of carbonyl (C=O) groups excluding carboxylic acids is 2. The summed E-state index contributed by atoms with van der Waals surface area (Å²) in [5.74, 6) is 0.828. The van der Waals surface area contributed by atoms with E-state index in [-0.39, 0.29) is 11.8 Å². The molecule has 0 radical (unpaired) electrons. The van der Waals surface area contributed by atoms with Crippen LogP contribution in [0.1, 0.15) is 55.6 Å². The van der Waals surface area contributed by atoms with E-state index in [2.05, 4.69) is 24.1 Å². The number of nitrogens with one attached hydrogen (secondary N) is 1. The standard InChI is InChI=1S/C17H26N2O2S/c1-13(2)9-11-19(14-7-8-14)16(20)6-3-10-18-17(21)15-5-4-12-22-15/h4-5,12-14H,3,6-11H2,1-2H3,(H,18,21). The van der Waals surface area contributed by atoms with E-state index in [1.54, 1.807) is 0 Å². The van der Waals surface area contributed by atoms with E-state index in [4.69, 9.17) is 0 Å². The Morgan fingerprint density at radius 2 is 2.18 bits per heavy atom. The summed E-state index contributed by atoms with van der Waals surface area (Å²) in [4.78, 5) is 26.9. The molecule has 1 fully saturated rings. The molecule has 0 atom stereocenters. The Morgan fingerprint density at radius 1 is 1.41 bits per heavy atom. The highest BCUT2D eigenvalue weighted by molar-refractivity contribution is 7.12. The molecule has 0 aromatic carbocycles. The Kier molecular flexibility index (Phi) is 6.43. The third-order valence-corrected chi connectivity index (χ3v) is 4.72. The molecule has 2 amide bonds. The maximum absolute atomic E-state index is 12.3. The van der Waals surface area contributed by atoms with Crippen molar-refractivity contribution in [1.82, 2.24) is 10.2 Å². The largest absolute Gasteiger partial charge is 0.351 e. The highest BCUT2D eigenvalue weighted by atomic mass is 32.1. The molecule has 22 heavy (non-hydrogen) atoms. The number of hydrogen-bond donors (Lipinski definition) is 1. The molecule has 122 valence electrons. The average Bonchev–Trinajstić information content (AvgIpc) is 3.16. The third-order valence-electron chi connectivity index (χ3n) is 3.85. The summed E-state index contributed by atoms with van der Waals surface area (Å²) >= 11 is 1.43. The van der Waals surface area contributed by atoms with Gasteiger partial charge in [0.15, 0.2) is 0 Å². The van der Waals surface area contributed by atoms with Crippen LogP contribution in [0.15, 0.2) is 17.5 Å². The van der Waals surface area contributed by atoms with Crippen LogP contribution in [-0.2, 0) is 4.79 Å². The van der Waals surface area contributed by atoms with Gasteiger partial charge in [-0.05, 0) is 43.0 Å². The van der Waals surface area contributed by atoms with E-state index in [9.17, 15) is 9.59 Å². The fourth-order valence-electron chi connectivity index (χ4n) is 2.37. The van der Waals surface area contributed by atoms with Crippen LogP contribution >= 0.6 is 11.3 Å². The Bertz CT molecular complexity index is 481. The fourth-order valence-corrected chi connectivity index (χ4v) is 3.01. The zero-order chi connectivity index (χ0) is 15.9. The van der Waals surface area contributed by atoms with Crippen LogP contribution in [0.4, 0.5) is 0 Å². The Balaban J connectivity index is 1.66. The van der Waals surface area contributed by atoms with Crippen molar-refractivity contribution < 1.29 is 9.59 Å². The molecular weight excluding hydrogens is 296 g/mol. The second-order valence-electron chi connectivity index (χ2n) is 6.34. The van der Waals surface area contributed by atoms with Crippen molar-refractivity contribution in [3.63, 3.8) is 0 Å². The summed E-state index contributed by atoms with van der Waals surface area (Å²) in [5.41, 5.74) is 0. The minimum Gasteiger partial charge on any atom is -0.351 e. The van der Waals surface area contributed by atoms with Crippen molar-refractivity contribution in [3.05, 3.63) is 22.4 Å². The summed E-state index contributed by atoms with van der Waals surface area (Å²) in [6.45, 7) is 5.82. The number of thiophene rings is 1. The van der Waals surface area contributed by atoms with Gasteiger partial charge in [0.2, 0.25) is 5.91 Å². The van der Waals surface area contributed by atoms with Crippen molar-refractivity contribution in [3.8, 4) is 0 Å². The van der Waals surface area contributed by atoms with Crippen molar-refractivity contribution in [2.24, 2.45) is 5.92 Å². The molecule has 2 rings (SSSR count). The SMILES string of the molecule is CC(C)CCN(C(=O)CCCNC(=O)c1cccs1)C1CC1. The Morgan fingerprint density at radius 3 is 2.77 bits per heavy atom. The van der Waals surface area contributed by atoms with Crippen LogP contribution in [-0.4, -0.2) is 35.8 Å². The smallest absolute Gasteiger partial charge is 0.261 e. The second-order valence-corrected chi connectivity index (χ2v) is 7.29. The first-order valence-electron chi connectivity index (χ1n) is 8.19. The molecule has 4 nitrogen and oxygen atoms in total. The van der Waals surface area contributed by atoms with Gasteiger partial charge in [0, 0.05) is 25.6 Å². The summed E-state index contributed by atoms with van der Waals surface area (Å²) < 4.78 is 0. The van der Waals surface area contributed by atoms with Gasteiger partial charge >= 0.3 is 0 Å². The van der Waals surface area contributed by atoms with Gasteiger partial charge in [0.1, 0.15) is 0 Å². The van der Waals surface area contributed by atoms with Gasteiger partial charge in [-0.1, -0.05) is 19.9 Å². The van der Waals surface area contributed by atoms with E-state index in [1.807, 2.05) is 17.5 Å². The van der Waals surface area contributed by atoms with E-state index in [1.165, 1.54) is 11.3 Å². The normalized spacial score (nSPS) is 14.1. The first kappa shape index (κ1) is 17.0. The van der Waals surface area contributed by atoms with Crippen LogP contribution < -0.4 is 5.32 Å². The molecule has 1 heterocycles. The lowest BCUT2D eigenvalue weighted by Crippen LogP contribution is -2.35. The topological polar surface area (TPSA) is 49.4 Å². The molecular formula is C17H26N2O2S. The van der Waals surface area contributed by atoms with Gasteiger partial charge in [0.25, 0.3) is 5.91 Å². The van der Waals surface area contributed by atoms with E-state index < -0.39 is 0 Å². The lowest BCUT2D eigenvalue weighted by atomic mass is 10.1. The molecule has 1 saturated carbocycles. The number of carbonyl (C=O) groups is 2. The zero-order valence-electron chi connectivity index (χ0n) is 13.5. The lowest BCUT2D eigenvalue weighted by molar-refractivity contribution is -0.132. The average molecular weight is 322 g/mol. The van der Waals surface area contributed by atoms with Crippen molar-refractivity contribution in [1.29, 1.82) is 0 Å². The molecule has 0 aliphatic heterocycles. The van der Waals surface area contributed by atoms with Crippen LogP contribution in [0.25, 0.3) is 0 Å². The van der Waals surface area contributed by atoms with Gasteiger partial charge in [0.05, 0.1) is 4.88 Å². The molecule has 1 aliphatic carbocycles. The second kappa shape index (κ2) is 8.32.